The van der Waals surface area contributed by atoms with Crippen LogP contribution in [0.1, 0.15) is 42.3 Å². The third kappa shape index (κ3) is 5.60. The first kappa shape index (κ1) is 35.4. The molecule has 7 aromatic carbocycles. The van der Waals surface area contributed by atoms with Crippen molar-refractivity contribution >= 4 is 55.5 Å². The molecule has 282 valence electrons. The molecule has 0 saturated carbocycles. The number of benzene rings is 8. The summed E-state index contributed by atoms with van der Waals surface area (Å²) >= 11 is 0. The van der Waals surface area contributed by atoms with Gasteiger partial charge in [-0.25, -0.2) is 4.79 Å². The lowest BCUT2D eigenvalue weighted by Crippen LogP contribution is -2.29. The number of carboxylic acid groups (broad SMARTS) is 1. The second-order valence-electron chi connectivity index (χ2n) is 16.1. The van der Waals surface area contributed by atoms with Crippen LogP contribution in [0.25, 0.3) is 66.1 Å². The van der Waals surface area contributed by atoms with E-state index in [1.807, 2.05) is 12.1 Å². The number of anilines is 2. The van der Waals surface area contributed by atoms with E-state index >= 15 is 0 Å². The van der Waals surface area contributed by atoms with Crippen LogP contribution in [-0.4, -0.2) is 24.2 Å². The second kappa shape index (κ2) is 13.6. The quantitative estimate of drug-likeness (QED) is 0.104. The number of rotatable bonds is 6. The lowest BCUT2D eigenvalue weighted by molar-refractivity contribution is 0.0697. The fourth-order valence-electron chi connectivity index (χ4n) is 9.36. The minimum atomic E-state index is -0.923. The van der Waals surface area contributed by atoms with Crippen LogP contribution in [0.2, 0.25) is 0 Å². The predicted molar refractivity (Wildman–Crippen MR) is 239 cm³/mol. The summed E-state index contributed by atoms with van der Waals surface area (Å²) in [5.41, 5.74) is 12.3. The summed E-state index contributed by atoms with van der Waals surface area (Å²) in [4.78, 5) is 13.9. The lowest BCUT2D eigenvalue weighted by Gasteiger charge is -2.23. The maximum atomic E-state index is 11.4. The smallest absolute Gasteiger partial charge is 0.335 e. The molecule has 3 aliphatic rings. The van der Waals surface area contributed by atoms with E-state index in [1.54, 1.807) is 12.1 Å². The van der Waals surface area contributed by atoms with E-state index in [-0.39, 0.29) is 11.0 Å². The van der Waals surface area contributed by atoms with Crippen molar-refractivity contribution in [3.8, 4) is 33.6 Å². The summed E-state index contributed by atoms with van der Waals surface area (Å²) < 4.78 is 9.84. The van der Waals surface area contributed by atoms with Gasteiger partial charge in [-0.1, -0.05) is 111 Å². The molecular weight excluding hydrogens is 713 g/mol. The Labute approximate surface area is 337 Å². The van der Waals surface area contributed by atoms with Crippen molar-refractivity contribution in [1.82, 2.24) is 4.58 Å². The zero-order valence-electron chi connectivity index (χ0n) is 33.1. The van der Waals surface area contributed by atoms with Crippen molar-refractivity contribution in [2.75, 3.05) is 18.0 Å². The first-order chi connectivity index (χ1) is 28.2. The molecule has 0 saturated heterocycles. The van der Waals surface area contributed by atoms with Gasteiger partial charge in [0.1, 0.15) is 17.9 Å². The molecule has 1 aliphatic carbocycles. The van der Waals surface area contributed by atoms with Gasteiger partial charge in [0.2, 0.25) is 11.0 Å². The first-order valence-corrected chi connectivity index (χ1v) is 20.0. The molecule has 0 unspecified atom stereocenters. The molecule has 0 atom stereocenters. The van der Waals surface area contributed by atoms with Gasteiger partial charge in [-0.15, -0.1) is 0 Å². The van der Waals surface area contributed by atoms with Crippen LogP contribution in [-0.2, 0) is 5.41 Å². The molecule has 5 nitrogen and oxygen atoms in total. The van der Waals surface area contributed by atoms with Gasteiger partial charge in [-0.3, -0.25) is 0 Å². The fraction of sp³-hybridized carbons (Fsp3) is 0.132. The Morgan fingerprint density at radius 2 is 1.22 bits per heavy atom. The average Bonchev–Trinajstić information content (AvgIpc) is 3.56. The third-order valence-electron chi connectivity index (χ3n) is 12.1. The molecule has 5 heteroatoms. The fourth-order valence-corrected chi connectivity index (χ4v) is 9.36. The van der Waals surface area contributed by atoms with Crippen LogP contribution in [0.3, 0.4) is 0 Å². The van der Waals surface area contributed by atoms with Crippen LogP contribution in [0, 0.1) is 6.92 Å². The van der Waals surface area contributed by atoms with Gasteiger partial charge in [0.25, 0.3) is 0 Å². The van der Waals surface area contributed by atoms with Gasteiger partial charge in [0.15, 0.2) is 0 Å². The normalized spacial score (nSPS) is 14.0. The Kier molecular flexibility index (Phi) is 8.31. The zero-order chi connectivity index (χ0) is 39.7. The molecule has 7 aromatic rings. The van der Waals surface area contributed by atoms with Crippen LogP contribution >= 0.6 is 0 Å². The molecule has 0 amide bonds. The highest BCUT2D eigenvalue weighted by atomic mass is 16.4. The summed E-state index contributed by atoms with van der Waals surface area (Å²) in [6.07, 6.45) is 0. The SMILES string of the molecule is CC[N+](c1ccc(-c2ccccc2)cc1)=c1c(C)c2oc3c4c(c5ccccc5c3cc-2c2ccccc12)N(c1ccc(-c2ccc(C(=O)O)cc2)cc1)CC4(C)C. The van der Waals surface area contributed by atoms with E-state index in [2.05, 4.69) is 171 Å². The van der Waals surface area contributed by atoms with Gasteiger partial charge in [0.05, 0.1) is 22.2 Å². The van der Waals surface area contributed by atoms with E-state index in [0.29, 0.717) is 0 Å². The molecule has 58 heavy (non-hydrogen) atoms. The standard InChI is InChI=1S/C53H42N2O3/c1-5-54(39-27-23-36(24-28-39)34-13-7-6-8-14-34)48-33(2)50-45(41-15-9-11-17-43(41)48)31-46-42-16-10-12-18-44(42)49-47(51(46)58-50)53(3,4)32-55(49)40-29-25-37(26-30-40)35-19-21-38(22-20-35)52(56)57/h6-31H,5,32H2,1-4H3/p+1. The number of carboxylic acids is 1. The highest BCUT2D eigenvalue weighted by Crippen LogP contribution is 2.53. The van der Waals surface area contributed by atoms with Crippen molar-refractivity contribution in [2.45, 2.75) is 33.1 Å². The third-order valence-corrected chi connectivity index (χ3v) is 12.1. The van der Waals surface area contributed by atoms with E-state index in [9.17, 15) is 9.90 Å². The summed E-state index contributed by atoms with van der Waals surface area (Å²) in [6, 6.07) is 55.0. The van der Waals surface area contributed by atoms with Crippen LogP contribution in [0.5, 0.6) is 0 Å². The Morgan fingerprint density at radius 3 is 1.86 bits per heavy atom. The van der Waals surface area contributed by atoms with Gasteiger partial charge in [-0.2, -0.15) is 4.58 Å². The largest absolute Gasteiger partial charge is 0.478 e. The van der Waals surface area contributed by atoms with Gasteiger partial charge >= 0.3 is 5.97 Å². The van der Waals surface area contributed by atoms with Crippen molar-refractivity contribution in [2.24, 2.45) is 0 Å². The first-order valence-electron chi connectivity index (χ1n) is 20.0. The summed E-state index contributed by atoms with van der Waals surface area (Å²) in [7, 11) is 0. The predicted octanol–water partition coefficient (Wildman–Crippen LogP) is 12.7. The number of fused-ring (bicyclic) bond motifs is 9. The van der Waals surface area contributed by atoms with Gasteiger partial charge in [0, 0.05) is 51.7 Å². The van der Waals surface area contributed by atoms with Crippen molar-refractivity contribution < 1.29 is 14.3 Å². The number of hydrogen-bond acceptors (Lipinski definition) is 3. The number of aromatic carboxylic acids is 1. The maximum absolute atomic E-state index is 11.4. The molecule has 10 rings (SSSR count). The van der Waals surface area contributed by atoms with Gasteiger partial charge < -0.3 is 14.4 Å². The molecule has 0 fully saturated rings. The zero-order valence-corrected chi connectivity index (χ0v) is 33.1. The summed E-state index contributed by atoms with van der Waals surface area (Å²) in [6.45, 7) is 10.7. The summed E-state index contributed by atoms with van der Waals surface area (Å²) in [5, 5.41) is 16.4. The van der Waals surface area contributed by atoms with Crippen molar-refractivity contribution in [3.63, 3.8) is 0 Å². The molecule has 0 aromatic heterocycles. The Morgan fingerprint density at radius 1 is 0.672 bits per heavy atom. The van der Waals surface area contributed by atoms with Crippen molar-refractivity contribution in [3.05, 3.63) is 180 Å². The highest BCUT2D eigenvalue weighted by molar-refractivity contribution is 6.17. The van der Waals surface area contributed by atoms with E-state index in [0.717, 1.165) is 68.8 Å². The molecule has 0 spiro atoms. The number of nitrogens with zero attached hydrogens (tertiary/aromatic N) is 2. The van der Waals surface area contributed by atoms with Crippen LogP contribution in [0.4, 0.5) is 17.1 Å². The van der Waals surface area contributed by atoms with Crippen LogP contribution < -0.4 is 14.8 Å². The molecule has 1 N–H and O–H groups in total. The molecule has 0 bridgehead atoms. The van der Waals surface area contributed by atoms with E-state index < -0.39 is 5.97 Å². The minimum absolute atomic E-state index is 0.232. The molecule has 2 aliphatic heterocycles. The average molecular weight is 756 g/mol. The Hall–Kier alpha value is -6.98. The number of carbonyl (C=O) groups is 1. The monoisotopic (exact) mass is 755 g/mol. The van der Waals surface area contributed by atoms with Crippen LogP contribution in [0.15, 0.2) is 162 Å². The Bertz CT molecular complexity index is 3110. The molecule has 0 radical (unpaired) electrons. The second-order valence-corrected chi connectivity index (χ2v) is 16.1. The minimum Gasteiger partial charge on any atom is -0.478 e. The van der Waals surface area contributed by atoms with E-state index in [1.165, 1.54) is 43.9 Å². The highest BCUT2D eigenvalue weighted by Gasteiger charge is 2.41. The number of hydrogen-bond donors (Lipinski definition) is 1. The Balaban J connectivity index is 1.19. The van der Waals surface area contributed by atoms with Crippen molar-refractivity contribution in [1.29, 1.82) is 0 Å². The maximum Gasteiger partial charge on any atom is 0.335 e. The lowest BCUT2D eigenvalue weighted by atomic mass is 9.83. The van der Waals surface area contributed by atoms with E-state index in [4.69, 9.17) is 4.42 Å². The van der Waals surface area contributed by atoms with Gasteiger partial charge in [-0.05, 0) is 95.4 Å². The summed E-state index contributed by atoms with van der Waals surface area (Å²) in [5.74, 6) is -0.0147. The topological polar surface area (TPSA) is 56.7 Å². The molecular formula is C53H43N2O3+. The molecule has 2 heterocycles.